The van der Waals surface area contributed by atoms with Crippen LogP contribution < -0.4 is 9.54 Å². The molecule has 1 amide bonds. The van der Waals surface area contributed by atoms with Crippen molar-refractivity contribution in [2.75, 3.05) is 7.11 Å². The lowest BCUT2D eigenvalue weighted by atomic mass is 10.1. The number of hydrogen-bond donors (Lipinski definition) is 0. The average molecular weight is 381 g/mol. The fraction of sp³-hybridized carbons (Fsp3) is 0.176. The monoisotopic (exact) mass is 380 g/mol. The van der Waals surface area contributed by atoms with Gasteiger partial charge in [-0.25, -0.2) is 0 Å². The summed E-state index contributed by atoms with van der Waals surface area (Å²) >= 11 is 13.7. The first-order valence-corrected chi connectivity index (χ1v) is 8.71. The molecular formula is C17H14Cl2N2O2S. The number of thiazole rings is 1. The number of ether oxygens (including phenoxy) is 1. The molecule has 0 aliphatic rings. The summed E-state index contributed by atoms with van der Waals surface area (Å²) in [4.78, 5) is 17.1. The van der Waals surface area contributed by atoms with Crippen LogP contribution in [0.2, 0.25) is 10.0 Å². The molecule has 0 spiro atoms. The molecule has 0 atom stereocenters. The van der Waals surface area contributed by atoms with E-state index in [2.05, 4.69) is 4.99 Å². The Morgan fingerprint density at radius 3 is 2.58 bits per heavy atom. The highest BCUT2D eigenvalue weighted by atomic mass is 35.5. The second kappa shape index (κ2) is 6.97. The van der Waals surface area contributed by atoms with Gasteiger partial charge in [-0.3, -0.25) is 4.79 Å². The van der Waals surface area contributed by atoms with Gasteiger partial charge < -0.3 is 9.30 Å². The molecule has 4 nitrogen and oxygen atoms in total. The first kappa shape index (κ1) is 17.0. The van der Waals surface area contributed by atoms with Gasteiger partial charge in [0.05, 0.1) is 33.8 Å². The molecule has 3 rings (SSSR count). The molecule has 0 unspecified atom stereocenters. The van der Waals surface area contributed by atoms with Gasteiger partial charge in [0.25, 0.3) is 5.91 Å². The van der Waals surface area contributed by atoms with Crippen LogP contribution in [0.25, 0.3) is 10.2 Å². The Morgan fingerprint density at radius 2 is 1.92 bits per heavy atom. The Bertz CT molecular complexity index is 975. The normalized spacial score (nSPS) is 11.9. The van der Waals surface area contributed by atoms with Gasteiger partial charge in [-0.1, -0.05) is 46.7 Å². The van der Waals surface area contributed by atoms with Crippen LogP contribution in [0.15, 0.2) is 41.4 Å². The van der Waals surface area contributed by atoms with Crippen LogP contribution in [0, 0.1) is 0 Å². The first-order chi connectivity index (χ1) is 11.5. The first-order valence-electron chi connectivity index (χ1n) is 7.13. The lowest BCUT2D eigenvalue weighted by Crippen LogP contribution is -2.14. The number of aryl methyl sites for hydroxylation is 1. The van der Waals surface area contributed by atoms with Gasteiger partial charge in [-0.15, -0.1) is 0 Å². The molecule has 0 aliphatic carbocycles. The molecule has 2 aromatic carbocycles. The Hall–Kier alpha value is -1.82. The number of rotatable bonds is 3. The van der Waals surface area contributed by atoms with E-state index in [0.717, 1.165) is 21.5 Å². The van der Waals surface area contributed by atoms with Gasteiger partial charge in [0.2, 0.25) is 0 Å². The summed E-state index contributed by atoms with van der Waals surface area (Å²) in [6.45, 7) is 0. The van der Waals surface area contributed by atoms with Crippen LogP contribution in [0.5, 0.6) is 5.75 Å². The number of methoxy groups -OCH3 is 1. The number of carbonyl (C=O) groups is 1. The SMILES string of the molecule is COc1ccc(CC(=O)N=c2sc3ccc(Cl)c(Cl)c3n2C)cc1. The quantitative estimate of drug-likeness (QED) is 0.682. The third-order valence-electron chi connectivity index (χ3n) is 3.59. The lowest BCUT2D eigenvalue weighted by molar-refractivity contribution is -0.117. The number of halogens is 2. The molecule has 0 fully saturated rings. The lowest BCUT2D eigenvalue weighted by Gasteiger charge is -2.01. The minimum atomic E-state index is -0.218. The molecule has 3 aromatic rings. The third-order valence-corrected chi connectivity index (χ3v) is 5.48. The fourth-order valence-electron chi connectivity index (χ4n) is 2.34. The summed E-state index contributed by atoms with van der Waals surface area (Å²) in [6, 6.07) is 11.0. The number of nitrogens with zero attached hydrogens (tertiary/aromatic N) is 2. The maximum atomic E-state index is 12.3. The maximum absolute atomic E-state index is 12.3. The minimum absolute atomic E-state index is 0.218. The van der Waals surface area contributed by atoms with Crippen molar-refractivity contribution >= 4 is 50.7 Å². The Kier molecular flexibility index (Phi) is 4.94. The van der Waals surface area contributed by atoms with E-state index < -0.39 is 0 Å². The summed E-state index contributed by atoms with van der Waals surface area (Å²) in [5.41, 5.74) is 1.67. The summed E-state index contributed by atoms with van der Waals surface area (Å²) < 4.78 is 7.83. The second-order valence-electron chi connectivity index (χ2n) is 5.18. The van der Waals surface area contributed by atoms with Crippen LogP contribution >= 0.6 is 34.5 Å². The summed E-state index contributed by atoms with van der Waals surface area (Å²) in [7, 11) is 3.43. The van der Waals surface area contributed by atoms with E-state index in [9.17, 15) is 4.79 Å². The van der Waals surface area contributed by atoms with Gasteiger partial charge >= 0.3 is 0 Å². The van der Waals surface area contributed by atoms with Crippen LogP contribution in [0.3, 0.4) is 0 Å². The highest BCUT2D eigenvalue weighted by Crippen LogP contribution is 2.31. The van der Waals surface area contributed by atoms with Crippen LogP contribution in [-0.4, -0.2) is 17.6 Å². The van der Waals surface area contributed by atoms with E-state index in [4.69, 9.17) is 27.9 Å². The van der Waals surface area contributed by atoms with E-state index >= 15 is 0 Å². The van der Waals surface area contributed by atoms with Crippen molar-refractivity contribution in [1.29, 1.82) is 0 Å². The standard InChI is InChI=1S/C17H14Cl2N2O2S/c1-21-16-13(8-7-12(18)15(16)19)24-17(21)20-14(22)9-10-3-5-11(23-2)6-4-10/h3-8H,9H2,1-2H3. The molecular weight excluding hydrogens is 367 g/mol. The molecule has 124 valence electrons. The predicted molar refractivity (Wildman–Crippen MR) is 98.1 cm³/mol. The van der Waals surface area contributed by atoms with Gasteiger partial charge in [0.1, 0.15) is 5.75 Å². The number of amides is 1. The smallest absolute Gasteiger partial charge is 0.252 e. The number of carbonyl (C=O) groups excluding carboxylic acids is 1. The molecule has 0 saturated heterocycles. The van der Waals surface area contributed by atoms with E-state index in [-0.39, 0.29) is 12.3 Å². The van der Waals surface area contributed by atoms with E-state index in [1.54, 1.807) is 17.7 Å². The van der Waals surface area contributed by atoms with Crippen LogP contribution in [0.1, 0.15) is 5.56 Å². The van der Waals surface area contributed by atoms with Crippen molar-refractivity contribution in [3.63, 3.8) is 0 Å². The summed E-state index contributed by atoms with van der Waals surface area (Å²) in [5, 5.41) is 0.950. The predicted octanol–water partition coefficient (Wildman–Crippen LogP) is 4.23. The van der Waals surface area contributed by atoms with Gasteiger partial charge in [-0.2, -0.15) is 4.99 Å². The van der Waals surface area contributed by atoms with Crippen LogP contribution in [0.4, 0.5) is 0 Å². The van der Waals surface area contributed by atoms with Gasteiger partial charge in [-0.05, 0) is 29.8 Å². The molecule has 0 saturated carbocycles. The molecule has 1 heterocycles. The summed E-state index contributed by atoms with van der Waals surface area (Å²) in [5.74, 6) is 0.537. The number of benzene rings is 2. The molecule has 0 radical (unpaired) electrons. The Balaban J connectivity index is 1.92. The third kappa shape index (κ3) is 3.34. The minimum Gasteiger partial charge on any atom is -0.497 e. The largest absolute Gasteiger partial charge is 0.497 e. The van der Waals surface area contributed by atoms with Crippen molar-refractivity contribution in [3.8, 4) is 5.75 Å². The van der Waals surface area contributed by atoms with E-state index in [1.165, 1.54) is 11.3 Å². The van der Waals surface area contributed by atoms with E-state index in [1.807, 2.05) is 37.4 Å². The molecule has 1 aromatic heterocycles. The number of aromatic nitrogens is 1. The topological polar surface area (TPSA) is 43.6 Å². The van der Waals surface area contributed by atoms with E-state index in [0.29, 0.717) is 14.8 Å². The zero-order valence-electron chi connectivity index (χ0n) is 13.0. The molecule has 0 N–H and O–H groups in total. The second-order valence-corrected chi connectivity index (χ2v) is 6.98. The van der Waals surface area contributed by atoms with Crippen molar-refractivity contribution in [2.45, 2.75) is 6.42 Å². The zero-order chi connectivity index (χ0) is 17.3. The number of hydrogen-bond acceptors (Lipinski definition) is 3. The van der Waals surface area contributed by atoms with Crippen molar-refractivity contribution in [2.24, 2.45) is 12.0 Å². The highest BCUT2D eigenvalue weighted by molar-refractivity contribution is 7.16. The Labute approximate surface area is 152 Å². The average Bonchev–Trinajstić information content (AvgIpc) is 2.88. The van der Waals surface area contributed by atoms with Crippen molar-refractivity contribution < 1.29 is 9.53 Å². The highest BCUT2D eigenvalue weighted by Gasteiger charge is 2.11. The fourth-order valence-corrected chi connectivity index (χ4v) is 3.89. The summed E-state index contributed by atoms with van der Waals surface area (Å²) in [6.07, 6.45) is 0.229. The molecule has 0 bridgehead atoms. The molecule has 24 heavy (non-hydrogen) atoms. The Morgan fingerprint density at radius 1 is 1.21 bits per heavy atom. The zero-order valence-corrected chi connectivity index (χ0v) is 15.4. The maximum Gasteiger partial charge on any atom is 0.252 e. The molecule has 0 aliphatic heterocycles. The van der Waals surface area contributed by atoms with Crippen molar-refractivity contribution in [1.82, 2.24) is 4.57 Å². The van der Waals surface area contributed by atoms with Gasteiger partial charge in [0, 0.05) is 7.05 Å². The van der Waals surface area contributed by atoms with Gasteiger partial charge in [0.15, 0.2) is 4.80 Å². The van der Waals surface area contributed by atoms with Crippen molar-refractivity contribution in [3.05, 3.63) is 56.8 Å². The van der Waals surface area contributed by atoms with Crippen LogP contribution in [-0.2, 0) is 18.3 Å². The molecule has 7 heteroatoms. The number of fused-ring (bicyclic) bond motifs is 1.